The van der Waals surface area contributed by atoms with E-state index < -0.39 is 10.0 Å². The zero-order valence-electron chi connectivity index (χ0n) is 9.95. The normalized spacial score (nSPS) is 25.6. The van der Waals surface area contributed by atoms with Crippen molar-refractivity contribution in [2.45, 2.75) is 25.1 Å². The van der Waals surface area contributed by atoms with Gasteiger partial charge in [0.25, 0.3) is 0 Å². The number of hydrogen-bond acceptors (Lipinski definition) is 3. The Morgan fingerprint density at radius 1 is 1.56 bits per heavy atom. The van der Waals surface area contributed by atoms with Crippen molar-refractivity contribution in [1.82, 2.24) is 9.62 Å². The summed E-state index contributed by atoms with van der Waals surface area (Å²) in [6.45, 7) is 4.88. The predicted molar refractivity (Wildman–Crippen MR) is 67.3 cm³/mol. The monoisotopic (exact) mass is 268 g/mol. The minimum absolute atomic E-state index is 0.120. The fraction of sp³-hybridized carbons (Fsp3) is 1.00. The summed E-state index contributed by atoms with van der Waals surface area (Å²) >= 11 is 5.83. The lowest BCUT2D eigenvalue weighted by Gasteiger charge is -2.31. The van der Waals surface area contributed by atoms with Crippen LogP contribution in [0.3, 0.4) is 0 Å². The van der Waals surface area contributed by atoms with Crippen molar-refractivity contribution < 1.29 is 8.42 Å². The quantitative estimate of drug-likeness (QED) is 0.753. The van der Waals surface area contributed by atoms with Gasteiger partial charge in [0.2, 0.25) is 10.0 Å². The lowest BCUT2D eigenvalue weighted by atomic mass is 10.00. The van der Waals surface area contributed by atoms with E-state index in [-0.39, 0.29) is 5.38 Å². The second-order valence-electron chi connectivity index (χ2n) is 4.57. The van der Waals surface area contributed by atoms with Crippen molar-refractivity contribution >= 4 is 21.6 Å². The Labute approximate surface area is 103 Å². The predicted octanol–water partition coefficient (Wildman–Crippen LogP) is 0.875. The van der Waals surface area contributed by atoms with Gasteiger partial charge in [-0.05, 0) is 32.2 Å². The standard InChI is InChI=1S/C10H21ClN2O2S/c1-9(11)6-12-7-10-4-3-5-13(8-10)16(2,14)15/h9-10,12H,3-8H2,1-2H3. The third kappa shape index (κ3) is 4.99. The highest BCUT2D eigenvalue weighted by atomic mass is 35.5. The van der Waals surface area contributed by atoms with Crippen LogP contribution in [0.25, 0.3) is 0 Å². The first kappa shape index (κ1) is 14.2. The molecule has 1 fully saturated rings. The molecule has 0 spiro atoms. The third-order valence-corrected chi connectivity index (χ3v) is 4.23. The van der Waals surface area contributed by atoms with Crippen molar-refractivity contribution in [2.24, 2.45) is 5.92 Å². The molecule has 0 bridgehead atoms. The Bertz CT molecular complexity index is 306. The van der Waals surface area contributed by atoms with Crippen LogP contribution in [0.2, 0.25) is 0 Å². The van der Waals surface area contributed by atoms with Gasteiger partial charge in [0.1, 0.15) is 0 Å². The summed E-state index contributed by atoms with van der Waals surface area (Å²) in [6.07, 6.45) is 3.33. The van der Waals surface area contributed by atoms with E-state index in [0.717, 1.165) is 25.9 Å². The Hall–Kier alpha value is 0.160. The Balaban J connectivity index is 2.34. The van der Waals surface area contributed by atoms with Gasteiger partial charge in [0.05, 0.1) is 6.26 Å². The highest BCUT2D eigenvalue weighted by Crippen LogP contribution is 2.17. The topological polar surface area (TPSA) is 49.4 Å². The third-order valence-electron chi connectivity index (χ3n) is 2.81. The molecule has 1 heterocycles. The molecular formula is C10H21ClN2O2S. The maximum atomic E-state index is 11.4. The molecule has 0 aromatic carbocycles. The summed E-state index contributed by atoms with van der Waals surface area (Å²) in [6, 6.07) is 0. The van der Waals surface area contributed by atoms with E-state index in [2.05, 4.69) is 5.32 Å². The van der Waals surface area contributed by atoms with Crippen LogP contribution in [0.1, 0.15) is 19.8 Å². The molecule has 1 aliphatic heterocycles. The van der Waals surface area contributed by atoms with Crippen molar-refractivity contribution in [2.75, 3.05) is 32.4 Å². The fourth-order valence-electron chi connectivity index (χ4n) is 1.98. The molecule has 6 heteroatoms. The summed E-state index contributed by atoms with van der Waals surface area (Å²) in [5.74, 6) is 0.416. The summed E-state index contributed by atoms with van der Waals surface area (Å²) < 4.78 is 24.4. The van der Waals surface area contributed by atoms with Gasteiger partial charge in [0.15, 0.2) is 0 Å². The molecule has 2 unspecified atom stereocenters. The van der Waals surface area contributed by atoms with Gasteiger partial charge in [-0.2, -0.15) is 0 Å². The molecule has 1 N–H and O–H groups in total. The molecule has 4 nitrogen and oxygen atoms in total. The van der Waals surface area contributed by atoms with Gasteiger partial charge in [-0.15, -0.1) is 11.6 Å². The minimum atomic E-state index is -3.02. The van der Waals surface area contributed by atoms with Crippen LogP contribution in [0, 0.1) is 5.92 Å². The molecule has 0 aromatic rings. The minimum Gasteiger partial charge on any atom is -0.315 e. The highest BCUT2D eigenvalue weighted by Gasteiger charge is 2.25. The fourth-order valence-corrected chi connectivity index (χ4v) is 3.03. The molecule has 0 aromatic heterocycles. The Morgan fingerprint density at radius 3 is 2.81 bits per heavy atom. The summed E-state index contributed by atoms with van der Waals surface area (Å²) in [7, 11) is -3.02. The second kappa shape index (κ2) is 6.19. The van der Waals surface area contributed by atoms with Crippen LogP contribution in [-0.2, 0) is 10.0 Å². The average Bonchev–Trinajstić information content (AvgIpc) is 2.16. The maximum absolute atomic E-state index is 11.4. The largest absolute Gasteiger partial charge is 0.315 e. The van der Waals surface area contributed by atoms with Crippen LogP contribution >= 0.6 is 11.6 Å². The molecule has 0 radical (unpaired) electrons. The number of nitrogens with one attached hydrogen (secondary N) is 1. The molecule has 1 aliphatic rings. The molecule has 1 saturated heterocycles. The number of hydrogen-bond donors (Lipinski definition) is 1. The zero-order chi connectivity index (χ0) is 12.2. The van der Waals surface area contributed by atoms with E-state index >= 15 is 0 Å². The lowest BCUT2D eigenvalue weighted by Crippen LogP contribution is -2.42. The van der Waals surface area contributed by atoms with Gasteiger partial charge in [-0.25, -0.2) is 12.7 Å². The number of sulfonamides is 1. The van der Waals surface area contributed by atoms with Crippen molar-refractivity contribution in [3.8, 4) is 0 Å². The van der Waals surface area contributed by atoms with Crippen LogP contribution < -0.4 is 5.32 Å². The summed E-state index contributed by atoms with van der Waals surface area (Å²) in [4.78, 5) is 0. The lowest BCUT2D eigenvalue weighted by molar-refractivity contribution is 0.262. The SMILES string of the molecule is CC(Cl)CNCC1CCCN(S(C)(=O)=O)C1. The van der Waals surface area contributed by atoms with Crippen molar-refractivity contribution in [3.05, 3.63) is 0 Å². The molecule has 16 heavy (non-hydrogen) atoms. The summed E-state index contributed by atoms with van der Waals surface area (Å²) in [5.41, 5.74) is 0. The van der Waals surface area contributed by atoms with Gasteiger partial charge in [-0.3, -0.25) is 0 Å². The Kier molecular flexibility index (Phi) is 5.50. The maximum Gasteiger partial charge on any atom is 0.211 e. The number of piperidine rings is 1. The molecule has 2 atom stereocenters. The van der Waals surface area contributed by atoms with Crippen molar-refractivity contribution in [3.63, 3.8) is 0 Å². The smallest absolute Gasteiger partial charge is 0.211 e. The van der Waals surface area contributed by atoms with Crippen LogP contribution in [0.4, 0.5) is 0 Å². The van der Waals surface area contributed by atoms with Gasteiger partial charge < -0.3 is 5.32 Å². The molecule has 0 aliphatic carbocycles. The molecule has 0 amide bonds. The summed E-state index contributed by atoms with van der Waals surface area (Å²) in [5, 5.41) is 3.39. The van der Waals surface area contributed by atoms with E-state index in [0.29, 0.717) is 19.0 Å². The van der Waals surface area contributed by atoms with E-state index in [1.54, 1.807) is 4.31 Å². The number of halogens is 1. The Morgan fingerprint density at radius 2 is 2.25 bits per heavy atom. The van der Waals surface area contributed by atoms with Crippen LogP contribution in [0.15, 0.2) is 0 Å². The van der Waals surface area contributed by atoms with Gasteiger partial charge >= 0.3 is 0 Å². The second-order valence-corrected chi connectivity index (χ2v) is 7.30. The van der Waals surface area contributed by atoms with Crippen LogP contribution in [-0.4, -0.2) is 50.5 Å². The molecular weight excluding hydrogens is 248 g/mol. The molecule has 1 rings (SSSR count). The molecule has 96 valence electrons. The average molecular weight is 269 g/mol. The highest BCUT2D eigenvalue weighted by molar-refractivity contribution is 7.88. The zero-order valence-corrected chi connectivity index (χ0v) is 11.5. The number of rotatable bonds is 5. The van der Waals surface area contributed by atoms with Gasteiger partial charge in [-0.1, -0.05) is 0 Å². The first-order valence-electron chi connectivity index (χ1n) is 5.69. The van der Waals surface area contributed by atoms with Crippen LogP contribution in [0.5, 0.6) is 0 Å². The van der Waals surface area contributed by atoms with Crippen molar-refractivity contribution in [1.29, 1.82) is 0 Å². The van der Waals surface area contributed by atoms with E-state index in [4.69, 9.17) is 11.6 Å². The first-order chi connectivity index (χ1) is 7.39. The van der Waals surface area contributed by atoms with E-state index in [9.17, 15) is 8.42 Å². The van der Waals surface area contributed by atoms with E-state index in [1.807, 2.05) is 6.92 Å². The van der Waals surface area contributed by atoms with Gasteiger partial charge in [0, 0.05) is 25.0 Å². The number of nitrogens with zero attached hydrogens (tertiary/aromatic N) is 1. The van der Waals surface area contributed by atoms with E-state index in [1.165, 1.54) is 6.26 Å². The molecule has 0 saturated carbocycles. The first-order valence-corrected chi connectivity index (χ1v) is 7.98. The number of alkyl halides is 1.